The van der Waals surface area contributed by atoms with Crippen LogP contribution in [0.25, 0.3) is 93.2 Å². The lowest BCUT2D eigenvalue weighted by Crippen LogP contribution is -2.26. The summed E-state index contributed by atoms with van der Waals surface area (Å²) in [5, 5.41) is 10.4. The normalized spacial score (nSPS) is 15.2. The van der Waals surface area contributed by atoms with E-state index < -0.39 is 5.41 Å². The summed E-state index contributed by atoms with van der Waals surface area (Å²) in [6.45, 7) is 0. The van der Waals surface area contributed by atoms with Crippen molar-refractivity contribution in [1.82, 2.24) is 4.57 Å². The van der Waals surface area contributed by atoms with Gasteiger partial charge in [-0.1, -0.05) is 164 Å². The molecule has 0 N–H and O–H groups in total. The molecule has 0 saturated heterocycles. The fraction of sp³-hybridized carbons (Fsp3) is 0.0182. The summed E-state index contributed by atoms with van der Waals surface area (Å²) in [5.41, 5.74) is 16.4. The van der Waals surface area contributed by atoms with Gasteiger partial charge in [0.15, 0.2) is 0 Å². The fourth-order valence-electron chi connectivity index (χ4n) is 10.8. The molecule has 0 fully saturated rings. The SMILES string of the molecule is c1ccc2c(c1)-c1cc3c4ccccc4c4ccccc4c3cc1C21c2ccccc2-c2cccc(-c3ccc(-n4c5ccccc5c5ccccc54)cc3)c21. The largest absolute Gasteiger partial charge is 0.309 e. The van der Waals surface area contributed by atoms with Gasteiger partial charge >= 0.3 is 0 Å². The van der Waals surface area contributed by atoms with Crippen LogP contribution in [0.15, 0.2) is 200 Å². The Labute approximate surface area is 324 Å². The van der Waals surface area contributed by atoms with E-state index >= 15 is 0 Å². The molecular weight excluding hydrogens is 675 g/mol. The van der Waals surface area contributed by atoms with Crippen molar-refractivity contribution in [3.63, 3.8) is 0 Å². The van der Waals surface area contributed by atoms with Crippen molar-refractivity contribution in [1.29, 1.82) is 0 Å². The van der Waals surface area contributed by atoms with Gasteiger partial charge in [0.1, 0.15) is 0 Å². The number of rotatable bonds is 2. The van der Waals surface area contributed by atoms with Crippen LogP contribution < -0.4 is 0 Å². The van der Waals surface area contributed by atoms with Gasteiger partial charge in [-0.2, -0.15) is 0 Å². The third-order valence-corrected chi connectivity index (χ3v) is 13.0. The maximum absolute atomic E-state index is 2.56. The Hall–Kier alpha value is -7.22. The van der Waals surface area contributed by atoms with Gasteiger partial charge in [0, 0.05) is 16.5 Å². The lowest BCUT2D eigenvalue weighted by Gasteiger charge is -2.32. The molecule has 0 aliphatic heterocycles. The van der Waals surface area contributed by atoms with Crippen molar-refractivity contribution >= 4 is 54.1 Å². The van der Waals surface area contributed by atoms with Crippen LogP contribution in [0.4, 0.5) is 0 Å². The Balaban J connectivity index is 1.11. The second-order valence-electron chi connectivity index (χ2n) is 15.5. The smallest absolute Gasteiger partial charge is 0.0731 e. The zero-order valence-electron chi connectivity index (χ0n) is 30.5. The predicted octanol–water partition coefficient (Wildman–Crippen LogP) is 14.3. The quantitative estimate of drug-likeness (QED) is 0.158. The summed E-state index contributed by atoms with van der Waals surface area (Å²) in [5.74, 6) is 0. The maximum Gasteiger partial charge on any atom is 0.0731 e. The van der Waals surface area contributed by atoms with E-state index in [9.17, 15) is 0 Å². The molecule has 2 aliphatic carbocycles. The van der Waals surface area contributed by atoms with E-state index in [0.717, 1.165) is 0 Å². The van der Waals surface area contributed by atoms with Crippen LogP contribution in [0.3, 0.4) is 0 Å². The number of benzene rings is 10. The Bertz CT molecular complexity index is 3420. The molecule has 1 nitrogen and oxygen atoms in total. The Kier molecular flexibility index (Phi) is 5.89. The summed E-state index contributed by atoms with van der Waals surface area (Å²) in [7, 11) is 0. The fourth-order valence-corrected chi connectivity index (χ4v) is 10.8. The molecule has 1 spiro atoms. The third-order valence-electron chi connectivity index (χ3n) is 13.0. The van der Waals surface area contributed by atoms with Crippen LogP contribution in [0.5, 0.6) is 0 Å². The number of aromatic nitrogens is 1. The Morgan fingerprint density at radius 2 is 0.732 bits per heavy atom. The first-order chi connectivity index (χ1) is 27.8. The van der Waals surface area contributed by atoms with Crippen molar-refractivity contribution in [2.75, 3.05) is 0 Å². The van der Waals surface area contributed by atoms with Gasteiger partial charge in [0.05, 0.1) is 16.4 Å². The van der Waals surface area contributed by atoms with Crippen molar-refractivity contribution in [3.05, 3.63) is 222 Å². The van der Waals surface area contributed by atoms with Crippen LogP contribution >= 0.6 is 0 Å². The number of nitrogens with zero attached hydrogens (tertiary/aromatic N) is 1. The van der Waals surface area contributed by atoms with E-state index in [4.69, 9.17) is 0 Å². The van der Waals surface area contributed by atoms with E-state index in [1.807, 2.05) is 0 Å². The molecule has 1 heteroatoms. The van der Waals surface area contributed by atoms with Gasteiger partial charge in [0.2, 0.25) is 0 Å². The number of fused-ring (bicyclic) bond motifs is 19. The molecule has 0 radical (unpaired) electrons. The zero-order valence-corrected chi connectivity index (χ0v) is 30.5. The minimum absolute atomic E-state index is 0.485. The van der Waals surface area contributed by atoms with Crippen LogP contribution in [0.2, 0.25) is 0 Å². The molecule has 258 valence electrons. The predicted molar refractivity (Wildman–Crippen MR) is 235 cm³/mol. The molecule has 1 heterocycles. The van der Waals surface area contributed by atoms with Crippen LogP contribution in [-0.4, -0.2) is 4.57 Å². The van der Waals surface area contributed by atoms with Crippen molar-refractivity contribution < 1.29 is 0 Å². The molecule has 0 saturated carbocycles. The summed E-state index contributed by atoms with van der Waals surface area (Å²) in [4.78, 5) is 0. The zero-order chi connectivity index (χ0) is 36.5. The number of hydrogen-bond acceptors (Lipinski definition) is 0. The highest BCUT2D eigenvalue weighted by Gasteiger charge is 2.53. The Morgan fingerprint density at radius 3 is 1.34 bits per heavy atom. The highest BCUT2D eigenvalue weighted by Crippen LogP contribution is 2.65. The molecule has 1 unspecified atom stereocenters. The van der Waals surface area contributed by atoms with Crippen molar-refractivity contribution in [3.8, 4) is 39.1 Å². The number of para-hydroxylation sites is 2. The van der Waals surface area contributed by atoms with Gasteiger partial charge in [-0.25, -0.2) is 0 Å². The van der Waals surface area contributed by atoms with E-state index in [2.05, 4.69) is 205 Å². The molecule has 0 amide bonds. The van der Waals surface area contributed by atoms with Crippen LogP contribution in [0.1, 0.15) is 22.3 Å². The number of hydrogen-bond donors (Lipinski definition) is 0. The average Bonchev–Trinajstić information content (AvgIpc) is 3.88. The average molecular weight is 708 g/mol. The van der Waals surface area contributed by atoms with E-state index in [0.29, 0.717) is 0 Å². The second kappa shape index (κ2) is 10.9. The van der Waals surface area contributed by atoms with Crippen LogP contribution in [0, 0.1) is 0 Å². The lowest BCUT2D eigenvalue weighted by molar-refractivity contribution is 0.797. The molecule has 11 aromatic rings. The molecule has 56 heavy (non-hydrogen) atoms. The topological polar surface area (TPSA) is 4.93 Å². The van der Waals surface area contributed by atoms with E-state index in [1.54, 1.807) is 0 Å². The molecule has 1 atom stereocenters. The second-order valence-corrected chi connectivity index (χ2v) is 15.5. The van der Waals surface area contributed by atoms with Crippen molar-refractivity contribution in [2.45, 2.75) is 5.41 Å². The molecule has 0 bridgehead atoms. The highest BCUT2D eigenvalue weighted by atomic mass is 15.0. The maximum atomic E-state index is 2.56. The molecule has 2 aliphatic rings. The summed E-state index contributed by atoms with van der Waals surface area (Å²) in [6.07, 6.45) is 0. The monoisotopic (exact) mass is 707 g/mol. The summed E-state index contributed by atoms with van der Waals surface area (Å²) >= 11 is 0. The van der Waals surface area contributed by atoms with Gasteiger partial charge in [-0.05, 0) is 124 Å². The third kappa shape index (κ3) is 3.70. The molecule has 1 aromatic heterocycles. The summed E-state index contributed by atoms with van der Waals surface area (Å²) in [6, 6.07) is 75.1. The van der Waals surface area contributed by atoms with Crippen LogP contribution in [-0.2, 0) is 5.41 Å². The first kappa shape index (κ1) is 30.1. The lowest BCUT2D eigenvalue weighted by atomic mass is 9.68. The van der Waals surface area contributed by atoms with Gasteiger partial charge in [0.25, 0.3) is 0 Å². The van der Waals surface area contributed by atoms with Gasteiger partial charge in [-0.15, -0.1) is 0 Å². The van der Waals surface area contributed by atoms with Gasteiger partial charge < -0.3 is 4.57 Å². The van der Waals surface area contributed by atoms with E-state index in [-0.39, 0.29) is 0 Å². The first-order valence-electron chi connectivity index (χ1n) is 19.6. The minimum atomic E-state index is -0.485. The summed E-state index contributed by atoms with van der Waals surface area (Å²) < 4.78 is 2.41. The van der Waals surface area contributed by atoms with Crippen molar-refractivity contribution in [2.24, 2.45) is 0 Å². The first-order valence-corrected chi connectivity index (χ1v) is 19.6. The minimum Gasteiger partial charge on any atom is -0.309 e. The standard InChI is InChI=1S/C55H33N/c1-3-16-39-37(14-1)38-15-2-4-17-40(38)47-33-51-48(32-46(39)47)42-19-6-10-25-50(42)55(51)49-24-9-5-18-41(49)45-23-13-22-36(54(45)55)34-28-30-35(31-29-34)56-52-26-11-7-20-43(52)44-21-8-12-27-53(44)56/h1-33H. The Morgan fingerprint density at radius 1 is 0.286 bits per heavy atom. The van der Waals surface area contributed by atoms with Gasteiger partial charge in [-0.3, -0.25) is 0 Å². The molecule has 10 aromatic carbocycles. The van der Waals surface area contributed by atoms with E-state index in [1.165, 1.54) is 115 Å². The highest BCUT2D eigenvalue weighted by molar-refractivity contribution is 6.26. The molecule has 13 rings (SSSR count). The molecular formula is C55H33N.